The highest BCUT2D eigenvalue weighted by atomic mass is 32.1. The Bertz CT molecular complexity index is 626. The third kappa shape index (κ3) is 5.28. The number of nitrogens with one attached hydrogen (secondary N) is 2. The smallest absolute Gasteiger partial charge is 0.170 e. The molecule has 0 radical (unpaired) electrons. The second-order valence-corrected chi connectivity index (χ2v) is 5.80. The quantitative estimate of drug-likeness (QED) is 0.760. The minimum absolute atomic E-state index is 0.221. The highest BCUT2D eigenvalue weighted by Gasteiger charge is 2.11. The summed E-state index contributed by atoms with van der Waals surface area (Å²) in [5, 5.41) is 5.86. The standard InChI is InChI=1S/C18H20F2N2S/c1-2-13(11-14-7-4-3-5-8-14)12-21-18(23)22-17-15(19)9-6-10-16(17)20/h3-10,13H,2,11-12H2,1H3,(H2,21,22,23). The first-order valence-corrected chi connectivity index (χ1v) is 8.03. The lowest BCUT2D eigenvalue weighted by Crippen LogP contribution is -2.33. The number of para-hydroxylation sites is 1. The van der Waals surface area contributed by atoms with Gasteiger partial charge in [-0.3, -0.25) is 0 Å². The lowest BCUT2D eigenvalue weighted by atomic mass is 9.97. The number of thiocarbonyl (C=S) groups is 1. The van der Waals surface area contributed by atoms with Crippen molar-refractivity contribution in [3.63, 3.8) is 0 Å². The Labute approximate surface area is 140 Å². The van der Waals surface area contributed by atoms with Gasteiger partial charge in [-0.05, 0) is 42.3 Å². The van der Waals surface area contributed by atoms with Gasteiger partial charge in [-0.2, -0.15) is 0 Å². The Morgan fingerprint density at radius 3 is 2.30 bits per heavy atom. The molecule has 0 heterocycles. The molecule has 0 saturated heterocycles. The van der Waals surface area contributed by atoms with Crippen molar-refractivity contribution in [2.45, 2.75) is 19.8 Å². The van der Waals surface area contributed by atoms with Crippen LogP contribution in [0.5, 0.6) is 0 Å². The van der Waals surface area contributed by atoms with Gasteiger partial charge < -0.3 is 10.6 Å². The van der Waals surface area contributed by atoms with Gasteiger partial charge in [0, 0.05) is 6.54 Å². The third-order valence-electron chi connectivity index (χ3n) is 3.70. The molecule has 0 aliphatic rings. The monoisotopic (exact) mass is 334 g/mol. The van der Waals surface area contributed by atoms with Gasteiger partial charge in [0.15, 0.2) is 5.11 Å². The largest absolute Gasteiger partial charge is 0.362 e. The molecule has 122 valence electrons. The van der Waals surface area contributed by atoms with E-state index in [-0.39, 0.29) is 10.8 Å². The normalized spacial score (nSPS) is 11.8. The van der Waals surface area contributed by atoms with Crippen LogP contribution in [0.3, 0.4) is 0 Å². The van der Waals surface area contributed by atoms with Crippen LogP contribution in [0.4, 0.5) is 14.5 Å². The van der Waals surface area contributed by atoms with Crippen molar-refractivity contribution in [1.29, 1.82) is 0 Å². The maximum absolute atomic E-state index is 13.6. The van der Waals surface area contributed by atoms with E-state index < -0.39 is 11.6 Å². The molecule has 2 rings (SSSR count). The summed E-state index contributed by atoms with van der Waals surface area (Å²) in [7, 11) is 0. The van der Waals surface area contributed by atoms with Crippen LogP contribution in [0, 0.1) is 17.6 Å². The fourth-order valence-electron chi connectivity index (χ4n) is 2.32. The summed E-state index contributed by atoms with van der Waals surface area (Å²) in [4.78, 5) is 0. The molecule has 0 aliphatic heterocycles. The van der Waals surface area contributed by atoms with Crippen molar-refractivity contribution in [1.82, 2.24) is 5.32 Å². The van der Waals surface area contributed by atoms with E-state index in [9.17, 15) is 8.78 Å². The molecule has 0 fully saturated rings. The number of rotatable bonds is 6. The lowest BCUT2D eigenvalue weighted by Gasteiger charge is -2.18. The van der Waals surface area contributed by atoms with Crippen molar-refractivity contribution in [2.75, 3.05) is 11.9 Å². The summed E-state index contributed by atoms with van der Waals surface area (Å²) in [5.74, 6) is -0.932. The van der Waals surface area contributed by atoms with Gasteiger partial charge in [0.2, 0.25) is 0 Å². The molecule has 2 nitrogen and oxygen atoms in total. The van der Waals surface area contributed by atoms with Gasteiger partial charge in [-0.1, -0.05) is 49.7 Å². The van der Waals surface area contributed by atoms with Crippen LogP contribution < -0.4 is 10.6 Å². The second kappa shape index (κ2) is 8.58. The summed E-state index contributed by atoms with van der Waals surface area (Å²) in [5.41, 5.74) is 1.04. The first-order valence-electron chi connectivity index (χ1n) is 7.63. The van der Waals surface area contributed by atoms with Crippen LogP contribution in [-0.4, -0.2) is 11.7 Å². The van der Waals surface area contributed by atoms with E-state index in [2.05, 4.69) is 29.7 Å². The van der Waals surface area contributed by atoms with Gasteiger partial charge in [0.25, 0.3) is 0 Å². The number of hydrogen-bond donors (Lipinski definition) is 2. The fourth-order valence-corrected chi connectivity index (χ4v) is 2.51. The molecule has 0 spiro atoms. The maximum atomic E-state index is 13.6. The number of benzene rings is 2. The van der Waals surface area contributed by atoms with Crippen LogP contribution in [0.1, 0.15) is 18.9 Å². The molecule has 0 saturated carbocycles. The molecular formula is C18H20F2N2S. The molecule has 2 N–H and O–H groups in total. The summed E-state index contributed by atoms with van der Waals surface area (Å²) in [6.07, 6.45) is 1.92. The highest BCUT2D eigenvalue weighted by Crippen LogP contribution is 2.18. The van der Waals surface area contributed by atoms with E-state index >= 15 is 0 Å². The molecule has 1 atom stereocenters. The SMILES string of the molecule is CCC(CNC(=S)Nc1c(F)cccc1F)Cc1ccccc1. The van der Waals surface area contributed by atoms with E-state index in [1.807, 2.05) is 18.2 Å². The van der Waals surface area contributed by atoms with Crippen molar-refractivity contribution >= 4 is 23.0 Å². The molecule has 23 heavy (non-hydrogen) atoms. The van der Waals surface area contributed by atoms with Crippen LogP contribution in [0.2, 0.25) is 0 Å². The van der Waals surface area contributed by atoms with E-state index in [4.69, 9.17) is 12.2 Å². The minimum Gasteiger partial charge on any atom is -0.362 e. The Hall–Kier alpha value is -2.01. The number of anilines is 1. The molecule has 2 aromatic rings. The Kier molecular flexibility index (Phi) is 6.47. The minimum atomic E-state index is -0.662. The van der Waals surface area contributed by atoms with Gasteiger partial charge in [-0.15, -0.1) is 0 Å². The zero-order valence-corrected chi connectivity index (χ0v) is 13.8. The van der Waals surface area contributed by atoms with Crippen LogP contribution in [-0.2, 0) is 6.42 Å². The Balaban J connectivity index is 1.87. The number of halogens is 2. The summed E-state index contributed by atoms with van der Waals surface area (Å²) < 4.78 is 27.1. The topological polar surface area (TPSA) is 24.1 Å². The van der Waals surface area contributed by atoms with Crippen molar-refractivity contribution in [3.8, 4) is 0 Å². The average molecular weight is 334 g/mol. The van der Waals surface area contributed by atoms with Gasteiger partial charge in [-0.25, -0.2) is 8.78 Å². The van der Waals surface area contributed by atoms with Gasteiger partial charge in [0.05, 0.1) is 0 Å². The van der Waals surface area contributed by atoms with E-state index in [0.717, 1.165) is 12.8 Å². The number of hydrogen-bond acceptors (Lipinski definition) is 1. The predicted octanol–water partition coefficient (Wildman–Crippen LogP) is 4.52. The summed E-state index contributed by atoms with van der Waals surface area (Å²) in [6, 6.07) is 13.9. The fraction of sp³-hybridized carbons (Fsp3) is 0.278. The van der Waals surface area contributed by atoms with Crippen LogP contribution in [0.15, 0.2) is 48.5 Å². The average Bonchev–Trinajstić information content (AvgIpc) is 2.56. The van der Waals surface area contributed by atoms with Gasteiger partial charge in [0.1, 0.15) is 17.3 Å². The molecule has 0 aliphatic carbocycles. The summed E-state index contributed by atoms with van der Waals surface area (Å²) in [6.45, 7) is 2.76. The predicted molar refractivity (Wildman–Crippen MR) is 94.5 cm³/mol. The van der Waals surface area contributed by atoms with Crippen LogP contribution in [0.25, 0.3) is 0 Å². The second-order valence-electron chi connectivity index (χ2n) is 5.40. The molecule has 0 bridgehead atoms. The van der Waals surface area contributed by atoms with E-state index in [1.54, 1.807) is 0 Å². The first-order chi connectivity index (χ1) is 11.1. The third-order valence-corrected chi connectivity index (χ3v) is 3.94. The lowest BCUT2D eigenvalue weighted by molar-refractivity contribution is 0.498. The maximum Gasteiger partial charge on any atom is 0.170 e. The zero-order valence-electron chi connectivity index (χ0n) is 13.0. The molecule has 5 heteroatoms. The van der Waals surface area contributed by atoms with Crippen molar-refractivity contribution < 1.29 is 8.78 Å². The molecule has 0 amide bonds. The molecular weight excluding hydrogens is 314 g/mol. The summed E-state index contributed by atoms with van der Waals surface area (Å²) >= 11 is 5.13. The van der Waals surface area contributed by atoms with Gasteiger partial charge >= 0.3 is 0 Å². The van der Waals surface area contributed by atoms with E-state index in [1.165, 1.54) is 23.8 Å². The van der Waals surface area contributed by atoms with Crippen molar-refractivity contribution in [3.05, 3.63) is 65.7 Å². The Morgan fingerprint density at radius 2 is 1.70 bits per heavy atom. The Morgan fingerprint density at radius 1 is 1.04 bits per heavy atom. The first kappa shape index (κ1) is 17.3. The zero-order chi connectivity index (χ0) is 16.7. The van der Waals surface area contributed by atoms with Crippen molar-refractivity contribution in [2.24, 2.45) is 5.92 Å². The molecule has 1 unspecified atom stereocenters. The molecule has 0 aromatic heterocycles. The van der Waals surface area contributed by atoms with Crippen LogP contribution >= 0.6 is 12.2 Å². The highest BCUT2D eigenvalue weighted by molar-refractivity contribution is 7.80. The molecule has 2 aromatic carbocycles. The van der Waals surface area contributed by atoms with E-state index in [0.29, 0.717) is 12.5 Å².